The van der Waals surface area contributed by atoms with Crippen LogP contribution in [0.25, 0.3) is 0 Å². The molecule has 0 aliphatic rings. The molecule has 0 N–H and O–H groups in total. The van der Waals surface area contributed by atoms with Crippen molar-refractivity contribution in [1.29, 1.82) is 0 Å². The van der Waals surface area contributed by atoms with Gasteiger partial charge in [0.1, 0.15) is 6.61 Å². The zero-order valence-electron chi connectivity index (χ0n) is 20.9. The molecule has 0 aromatic heterocycles. The summed E-state index contributed by atoms with van der Waals surface area (Å²) in [5, 5.41) is 0. The molecule has 0 saturated heterocycles. The van der Waals surface area contributed by atoms with E-state index in [0.29, 0.717) is 5.57 Å². The smallest absolute Gasteiger partial charge is 0.333 e. The molecule has 0 fully saturated rings. The molecule has 0 aliphatic carbocycles. The van der Waals surface area contributed by atoms with Crippen molar-refractivity contribution in [3.05, 3.63) is 78.9 Å². The first-order valence-electron chi connectivity index (χ1n) is 11.0. The number of hydrogen-bond donors (Lipinski definition) is 0. The van der Waals surface area contributed by atoms with Gasteiger partial charge >= 0.3 is 5.97 Å². The second-order valence-corrected chi connectivity index (χ2v) is 8.67. The normalized spacial score (nSPS) is 10.5. The van der Waals surface area contributed by atoms with E-state index in [9.17, 15) is 4.79 Å². The third-order valence-corrected chi connectivity index (χ3v) is 6.92. The van der Waals surface area contributed by atoms with E-state index in [2.05, 4.69) is 80.7 Å². The number of ether oxygens (including phenoxy) is 1. The van der Waals surface area contributed by atoms with Crippen molar-refractivity contribution in [3.63, 3.8) is 0 Å². The van der Waals surface area contributed by atoms with Crippen LogP contribution in [0.1, 0.15) is 80.6 Å². The zero-order chi connectivity index (χ0) is 23.6. The first kappa shape index (κ1) is 24.5. The van der Waals surface area contributed by atoms with Crippen LogP contribution in [0.4, 0.5) is 0 Å². The summed E-state index contributed by atoms with van der Waals surface area (Å²) < 4.78 is 5.44. The molecule has 2 heteroatoms. The van der Waals surface area contributed by atoms with Crippen molar-refractivity contribution >= 4 is 5.97 Å². The van der Waals surface area contributed by atoms with E-state index >= 15 is 0 Å². The second kappa shape index (κ2) is 9.56. The van der Waals surface area contributed by atoms with Crippen molar-refractivity contribution < 1.29 is 9.53 Å². The fourth-order valence-corrected chi connectivity index (χ4v) is 4.29. The first-order chi connectivity index (χ1) is 14.4. The first-order valence-corrected chi connectivity index (χ1v) is 11.0. The highest BCUT2D eigenvalue weighted by atomic mass is 16.5. The van der Waals surface area contributed by atoms with Crippen molar-refractivity contribution in [1.82, 2.24) is 0 Å². The molecule has 164 valence electrons. The van der Waals surface area contributed by atoms with Crippen LogP contribution in [0.15, 0.2) is 12.2 Å². The van der Waals surface area contributed by atoms with E-state index in [1.807, 2.05) is 0 Å². The Morgan fingerprint density at radius 1 is 0.710 bits per heavy atom. The Bertz CT molecular complexity index is 1080. The highest BCUT2D eigenvalue weighted by Crippen LogP contribution is 2.29. The van der Waals surface area contributed by atoms with E-state index in [0.717, 1.165) is 45.4 Å². The number of hydrogen-bond acceptors (Lipinski definition) is 2. The van der Waals surface area contributed by atoms with Gasteiger partial charge in [-0.2, -0.15) is 0 Å². The Morgan fingerprint density at radius 2 is 1.06 bits per heavy atom. The predicted octanol–water partition coefficient (Wildman–Crippen LogP) is 6.74. The van der Waals surface area contributed by atoms with E-state index in [4.69, 9.17) is 4.74 Å². The van der Waals surface area contributed by atoms with E-state index < -0.39 is 0 Å². The van der Waals surface area contributed by atoms with Gasteiger partial charge in [-0.25, -0.2) is 4.79 Å². The van der Waals surface area contributed by atoms with Crippen LogP contribution < -0.4 is 0 Å². The molecule has 0 amide bonds. The molecule has 0 aliphatic heterocycles. The molecule has 0 atom stereocenters. The van der Waals surface area contributed by atoms with E-state index in [1.54, 1.807) is 6.92 Å². The topological polar surface area (TPSA) is 26.3 Å². The van der Waals surface area contributed by atoms with Crippen LogP contribution in [-0.4, -0.2) is 5.97 Å². The zero-order valence-corrected chi connectivity index (χ0v) is 20.9. The summed E-state index contributed by atoms with van der Waals surface area (Å²) in [4.78, 5) is 11.9. The van der Waals surface area contributed by atoms with Gasteiger partial charge in [-0.05, 0) is 124 Å². The van der Waals surface area contributed by atoms with Gasteiger partial charge in [-0.1, -0.05) is 25.3 Å². The minimum atomic E-state index is -0.356. The summed E-state index contributed by atoms with van der Waals surface area (Å²) in [6.07, 6.45) is 1.04. The number of carbonyl (C=O) groups excluding carboxylic acids is 1. The molecule has 2 aromatic carbocycles. The third-order valence-electron chi connectivity index (χ3n) is 6.92. The fraction of sp³-hybridized carbons (Fsp3) is 0.414. The molecule has 0 spiro atoms. The monoisotopic (exact) mass is 416 g/mol. The predicted molar refractivity (Wildman–Crippen MR) is 131 cm³/mol. The molecular formula is C29H36O2. The van der Waals surface area contributed by atoms with Gasteiger partial charge in [-0.15, -0.1) is 0 Å². The minimum absolute atomic E-state index is 0.258. The van der Waals surface area contributed by atoms with Gasteiger partial charge in [0, 0.05) is 16.7 Å². The minimum Gasteiger partial charge on any atom is -0.457 e. The van der Waals surface area contributed by atoms with E-state index in [1.165, 1.54) is 27.8 Å². The van der Waals surface area contributed by atoms with Crippen LogP contribution in [0, 0.1) is 67.2 Å². The fourth-order valence-electron chi connectivity index (χ4n) is 4.29. The molecule has 0 unspecified atom stereocenters. The number of rotatable bonds is 4. The van der Waals surface area contributed by atoms with Crippen molar-refractivity contribution in [2.45, 2.75) is 82.3 Å². The van der Waals surface area contributed by atoms with Gasteiger partial charge in [0.25, 0.3) is 0 Å². The maximum Gasteiger partial charge on any atom is 0.333 e. The van der Waals surface area contributed by atoms with E-state index in [-0.39, 0.29) is 12.6 Å². The SMILES string of the molecule is C=C(C)C(=O)OCc1c(C)c(C)c(C#Cc2c(C)c(C)c(CC)c(C)c2C)c(C)c1C. The van der Waals surface area contributed by atoms with Gasteiger partial charge in [0.15, 0.2) is 0 Å². The molecule has 31 heavy (non-hydrogen) atoms. The van der Waals surface area contributed by atoms with Crippen molar-refractivity contribution in [3.8, 4) is 11.8 Å². The highest BCUT2D eigenvalue weighted by Gasteiger charge is 2.16. The Kier molecular flexibility index (Phi) is 7.55. The van der Waals surface area contributed by atoms with Crippen LogP contribution in [0.2, 0.25) is 0 Å². The summed E-state index contributed by atoms with van der Waals surface area (Å²) in [6.45, 7) is 24.9. The molecular weight excluding hydrogens is 380 g/mol. The quantitative estimate of drug-likeness (QED) is 0.313. The largest absolute Gasteiger partial charge is 0.457 e. The van der Waals surface area contributed by atoms with Crippen molar-refractivity contribution in [2.75, 3.05) is 0 Å². The van der Waals surface area contributed by atoms with Crippen LogP contribution in [0.3, 0.4) is 0 Å². The standard InChI is InChI=1S/C29H36O2/c1-12-25-17(4)19(6)26(20(7)18(25)5)13-14-27-21(8)23(10)28(24(11)22(27)9)15-31-29(30)16(2)3/h2,12,15H2,1,3-11H3. The van der Waals surface area contributed by atoms with Crippen LogP contribution >= 0.6 is 0 Å². The maximum atomic E-state index is 11.9. The Balaban J connectivity index is 2.59. The lowest BCUT2D eigenvalue weighted by Gasteiger charge is -2.19. The molecule has 0 heterocycles. The second-order valence-electron chi connectivity index (χ2n) is 8.67. The molecule has 0 radical (unpaired) electrons. The van der Waals surface area contributed by atoms with Crippen LogP contribution in [0.5, 0.6) is 0 Å². The van der Waals surface area contributed by atoms with Gasteiger partial charge < -0.3 is 4.74 Å². The van der Waals surface area contributed by atoms with Crippen LogP contribution in [-0.2, 0) is 22.6 Å². The molecule has 2 rings (SSSR count). The summed E-state index contributed by atoms with van der Waals surface area (Å²) >= 11 is 0. The molecule has 0 saturated carbocycles. The highest BCUT2D eigenvalue weighted by molar-refractivity contribution is 5.87. The Morgan fingerprint density at radius 3 is 1.39 bits per heavy atom. The lowest BCUT2D eigenvalue weighted by atomic mass is 9.87. The van der Waals surface area contributed by atoms with Crippen molar-refractivity contribution in [2.24, 2.45) is 0 Å². The average molecular weight is 417 g/mol. The van der Waals surface area contributed by atoms with Gasteiger partial charge in [0.2, 0.25) is 0 Å². The number of carbonyl (C=O) groups is 1. The van der Waals surface area contributed by atoms with Gasteiger partial charge in [-0.3, -0.25) is 0 Å². The summed E-state index contributed by atoms with van der Waals surface area (Å²) in [5.41, 5.74) is 14.9. The molecule has 2 nitrogen and oxygen atoms in total. The lowest BCUT2D eigenvalue weighted by Crippen LogP contribution is -2.09. The Labute approximate surface area is 188 Å². The van der Waals surface area contributed by atoms with Gasteiger partial charge in [0.05, 0.1) is 0 Å². The lowest BCUT2D eigenvalue weighted by molar-refractivity contribution is -0.140. The maximum absolute atomic E-state index is 11.9. The number of esters is 1. The Hall–Kier alpha value is -2.79. The number of benzene rings is 2. The average Bonchev–Trinajstić information content (AvgIpc) is 2.73. The summed E-state index contributed by atoms with van der Waals surface area (Å²) in [5.74, 6) is 6.64. The third kappa shape index (κ3) is 4.62. The molecule has 0 bridgehead atoms. The summed E-state index contributed by atoms with van der Waals surface area (Å²) in [7, 11) is 0. The molecule has 2 aromatic rings. The summed E-state index contributed by atoms with van der Waals surface area (Å²) in [6, 6.07) is 0.